The lowest BCUT2D eigenvalue weighted by Crippen LogP contribution is -2.19. The summed E-state index contributed by atoms with van der Waals surface area (Å²) in [5.41, 5.74) is 6.86. The number of aromatic hydroxyl groups is 2. The molecule has 4 heteroatoms. The second-order valence-electron chi connectivity index (χ2n) is 13.8. The van der Waals surface area contributed by atoms with Gasteiger partial charge in [-0.15, -0.1) is 13.2 Å². The van der Waals surface area contributed by atoms with Crippen LogP contribution in [0.2, 0.25) is 0 Å². The first kappa shape index (κ1) is 33.7. The predicted molar refractivity (Wildman–Crippen MR) is 184 cm³/mol. The standard InChI is InChI=1S/C37H54O2S2/c1-9-11-16-26-20-30(36(3,4)5)22-28(34(26)38)24-40-32-18-14-13-15-19-33(32)41-25-29-23-31(37(6,7)8)21-27(35(29)39)17-12-10-2/h9-10,20-23,32-33,38-39H,1-2,11-19,24-25H2,3-8H3. The van der Waals surface area contributed by atoms with Crippen LogP contribution in [-0.2, 0) is 35.2 Å². The summed E-state index contributed by atoms with van der Waals surface area (Å²) in [4.78, 5) is 0. The number of phenols is 2. The van der Waals surface area contributed by atoms with Crippen molar-refractivity contribution in [3.8, 4) is 11.5 Å². The number of hydrogen-bond acceptors (Lipinski definition) is 4. The maximum absolute atomic E-state index is 11.2. The molecule has 0 radical (unpaired) electrons. The topological polar surface area (TPSA) is 40.5 Å². The first-order valence-electron chi connectivity index (χ1n) is 15.5. The minimum atomic E-state index is 0.0326. The lowest BCUT2D eigenvalue weighted by Gasteiger charge is -2.27. The van der Waals surface area contributed by atoms with E-state index < -0.39 is 0 Å². The number of thioether (sulfide) groups is 2. The molecule has 2 N–H and O–H groups in total. The van der Waals surface area contributed by atoms with Crippen LogP contribution in [0.25, 0.3) is 0 Å². The van der Waals surface area contributed by atoms with E-state index in [1.54, 1.807) is 0 Å². The SMILES string of the molecule is C=CCCc1cc(C(C)(C)C)cc(CSC2CCCCCC2SCc2cc(C(C)(C)C)cc(CCC=C)c2O)c1O. The van der Waals surface area contributed by atoms with Crippen molar-refractivity contribution in [2.45, 2.75) is 132 Å². The number of aryl methyl sites for hydroxylation is 2. The molecule has 226 valence electrons. The maximum Gasteiger partial charge on any atom is 0.122 e. The number of allylic oxidation sites excluding steroid dienone is 2. The van der Waals surface area contributed by atoms with E-state index in [0.29, 0.717) is 22.0 Å². The van der Waals surface area contributed by atoms with Gasteiger partial charge in [-0.1, -0.05) is 97.2 Å². The monoisotopic (exact) mass is 594 g/mol. The average molecular weight is 595 g/mol. The van der Waals surface area contributed by atoms with Gasteiger partial charge in [0, 0.05) is 33.1 Å². The average Bonchev–Trinajstić information content (AvgIpc) is 3.14. The zero-order valence-corrected chi connectivity index (χ0v) is 28.2. The lowest BCUT2D eigenvalue weighted by atomic mass is 9.84. The van der Waals surface area contributed by atoms with E-state index >= 15 is 0 Å². The molecule has 0 aliphatic heterocycles. The molecule has 0 aromatic heterocycles. The number of hydrogen-bond donors (Lipinski definition) is 2. The number of benzene rings is 2. The summed E-state index contributed by atoms with van der Waals surface area (Å²) >= 11 is 4.05. The highest BCUT2D eigenvalue weighted by molar-refractivity contribution is 8.03. The summed E-state index contributed by atoms with van der Waals surface area (Å²) in [5, 5.41) is 23.5. The number of phenolic OH excluding ortho intramolecular Hbond substituents is 2. The molecule has 2 aromatic carbocycles. The molecule has 1 aliphatic carbocycles. The molecular weight excluding hydrogens is 541 g/mol. The molecule has 0 spiro atoms. The molecule has 1 saturated carbocycles. The Bertz CT molecular complexity index is 1080. The molecule has 41 heavy (non-hydrogen) atoms. The summed E-state index contributed by atoms with van der Waals surface area (Å²) in [6.07, 6.45) is 13.5. The van der Waals surface area contributed by atoms with Crippen molar-refractivity contribution in [3.63, 3.8) is 0 Å². The van der Waals surface area contributed by atoms with Gasteiger partial charge in [0.15, 0.2) is 0 Å². The van der Waals surface area contributed by atoms with E-state index in [0.717, 1.165) is 59.4 Å². The van der Waals surface area contributed by atoms with Gasteiger partial charge in [-0.25, -0.2) is 0 Å². The van der Waals surface area contributed by atoms with E-state index in [4.69, 9.17) is 0 Å². The van der Waals surface area contributed by atoms with E-state index in [1.165, 1.54) is 43.2 Å². The zero-order chi connectivity index (χ0) is 30.2. The molecule has 0 bridgehead atoms. The van der Waals surface area contributed by atoms with Crippen LogP contribution in [0.5, 0.6) is 11.5 Å². The van der Waals surface area contributed by atoms with Crippen molar-refractivity contribution in [1.29, 1.82) is 0 Å². The molecule has 2 atom stereocenters. The Balaban J connectivity index is 1.81. The van der Waals surface area contributed by atoms with Gasteiger partial charge >= 0.3 is 0 Å². The molecule has 1 fully saturated rings. The highest BCUT2D eigenvalue weighted by Gasteiger charge is 2.27. The second-order valence-corrected chi connectivity index (χ2v) is 16.2. The Morgan fingerprint density at radius 1 is 0.659 bits per heavy atom. The summed E-state index contributed by atoms with van der Waals surface area (Å²) in [6, 6.07) is 8.86. The van der Waals surface area contributed by atoms with E-state index in [2.05, 4.69) is 79.0 Å². The van der Waals surface area contributed by atoms with Gasteiger partial charge in [0.25, 0.3) is 0 Å². The van der Waals surface area contributed by atoms with E-state index in [-0.39, 0.29) is 10.8 Å². The minimum Gasteiger partial charge on any atom is -0.507 e. The third kappa shape index (κ3) is 9.61. The third-order valence-electron chi connectivity index (χ3n) is 8.30. The summed E-state index contributed by atoms with van der Waals surface area (Å²) in [6.45, 7) is 21.3. The fraction of sp³-hybridized carbons (Fsp3) is 0.568. The Kier molecular flexibility index (Phi) is 12.4. The molecule has 3 rings (SSSR count). The molecular formula is C37H54O2S2. The molecule has 2 nitrogen and oxygen atoms in total. The summed E-state index contributed by atoms with van der Waals surface area (Å²) in [5.74, 6) is 2.60. The van der Waals surface area contributed by atoms with Crippen molar-refractivity contribution in [2.24, 2.45) is 0 Å². The van der Waals surface area contributed by atoms with Crippen LogP contribution >= 0.6 is 23.5 Å². The van der Waals surface area contributed by atoms with E-state index in [9.17, 15) is 10.2 Å². The summed E-state index contributed by atoms with van der Waals surface area (Å²) < 4.78 is 0. The van der Waals surface area contributed by atoms with Crippen molar-refractivity contribution >= 4 is 23.5 Å². The van der Waals surface area contributed by atoms with Crippen molar-refractivity contribution in [2.75, 3.05) is 0 Å². The van der Waals surface area contributed by atoms with Crippen molar-refractivity contribution in [1.82, 2.24) is 0 Å². The van der Waals surface area contributed by atoms with Crippen LogP contribution in [0.3, 0.4) is 0 Å². The molecule has 0 heterocycles. The largest absolute Gasteiger partial charge is 0.507 e. The quantitative estimate of drug-likeness (QED) is 0.189. The molecule has 2 unspecified atom stereocenters. The highest BCUT2D eigenvalue weighted by atomic mass is 32.2. The predicted octanol–water partition coefficient (Wildman–Crippen LogP) is 10.8. The third-order valence-corrected chi connectivity index (χ3v) is 11.4. The van der Waals surface area contributed by atoms with Gasteiger partial charge in [-0.3, -0.25) is 0 Å². The molecule has 0 saturated heterocycles. The van der Waals surface area contributed by atoms with Crippen LogP contribution in [-0.4, -0.2) is 20.7 Å². The fourth-order valence-electron chi connectivity index (χ4n) is 5.52. The molecule has 1 aliphatic rings. The van der Waals surface area contributed by atoms with Crippen LogP contribution in [0.15, 0.2) is 49.6 Å². The maximum atomic E-state index is 11.2. The van der Waals surface area contributed by atoms with Gasteiger partial charge in [0.1, 0.15) is 11.5 Å². The van der Waals surface area contributed by atoms with E-state index in [1.807, 2.05) is 35.7 Å². The van der Waals surface area contributed by atoms with Crippen LogP contribution in [0.4, 0.5) is 0 Å². The number of rotatable bonds is 12. The smallest absolute Gasteiger partial charge is 0.122 e. The van der Waals surface area contributed by atoms with Crippen LogP contribution < -0.4 is 0 Å². The van der Waals surface area contributed by atoms with Crippen LogP contribution in [0.1, 0.15) is 120 Å². The van der Waals surface area contributed by atoms with Crippen LogP contribution in [0, 0.1) is 0 Å². The highest BCUT2D eigenvalue weighted by Crippen LogP contribution is 2.42. The first-order chi connectivity index (χ1) is 19.3. The Hall–Kier alpha value is -1.78. The van der Waals surface area contributed by atoms with Crippen molar-refractivity contribution < 1.29 is 10.2 Å². The lowest BCUT2D eigenvalue weighted by molar-refractivity contribution is 0.461. The second kappa shape index (κ2) is 15.1. The van der Waals surface area contributed by atoms with Gasteiger partial charge in [-0.05, 0) is 71.6 Å². The Labute approximate surface area is 259 Å². The first-order valence-corrected chi connectivity index (χ1v) is 17.6. The summed E-state index contributed by atoms with van der Waals surface area (Å²) in [7, 11) is 0. The Morgan fingerprint density at radius 3 is 1.37 bits per heavy atom. The fourth-order valence-corrected chi connectivity index (χ4v) is 8.58. The zero-order valence-electron chi connectivity index (χ0n) is 26.5. The normalized spacial score (nSPS) is 18.2. The van der Waals surface area contributed by atoms with Crippen molar-refractivity contribution in [3.05, 3.63) is 83.0 Å². The van der Waals surface area contributed by atoms with Gasteiger partial charge in [-0.2, -0.15) is 23.5 Å². The van der Waals surface area contributed by atoms with Gasteiger partial charge < -0.3 is 10.2 Å². The molecule has 0 amide bonds. The minimum absolute atomic E-state index is 0.0326. The van der Waals surface area contributed by atoms with Gasteiger partial charge in [0.2, 0.25) is 0 Å². The molecule has 2 aromatic rings. The van der Waals surface area contributed by atoms with Gasteiger partial charge in [0.05, 0.1) is 0 Å². The Morgan fingerprint density at radius 2 is 1.02 bits per heavy atom.